The second-order valence-corrected chi connectivity index (χ2v) is 9.85. The van der Waals surface area contributed by atoms with Gasteiger partial charge in [-0.1, -0.05) is 48.5 Å². The predicted molar refractivity (Wildman–Crippen MR) is 125 cm³/mol. The number of nitrogens with one attached hydrogen (secondary N) is 2. The van der Waals surface area contributed by atoms with Crippen molar-refractivity contribution < 1.29 is 27.5 Å². The van der Waals surface area contributed by atoms with Crippen LogP contribution in [0.5, 0.6) is 0 Å². The standard InChI is InChI=1S/C24H29N3O6S/c1-33-24(30)20(17-25-22(28)15-14-18-9-4-2-5-10-18)26-23(29)21-13-8-16-27(21)34(31,32)19-11-6-3-7-12-19/h2-7,9-12,20-21H,8,13-17H2,1H3,(H,25,28)(H,26,29)/t20-,21?/m0/s1. The van der Waals surface area contributed by atoms with E-state index in [9.17, 15) is 22.8 Å². The molecule has 10 heteroatoms. The lowest BCUT2D eigenvalue weighted by Gasteiger charge is -2.25. The minimum Gasteiger partial charge on any atom is -0.467 e. The van der Waals surface area contributed by atoms with Crippen LogP contribution in [0.2, 0.25) is 0 Å². The number of methoxy groups -OCH3 is 1. The van der Waals surface area contributed by atoms with E-state index < -0.39 is 34.0 Å². The van der Waals surface area contributed by atoms with Crippen LogP contribution in [0.25, 0.3) is 0 Å². The smallest absolute Gasteiger partial charge is 0.330 e. The van der Waals surface area contributed by atoms with E-state index in [0.29, 0.717) is 19.3 Å². The van der Waals surface area contributed by atoms with Crippen molar-refractivity contribution in [1.82, 2.24) is 14.9 Å². The number of aryl methyl sites for hydroxylation is 1. The van der Waals surface area contributed by atoms with Crippen LogP contribution in [0, 0.1) is 0 Å². The highest BCUT2D eigenvalue weighted by Gasteiger charge is 2.40. The fourth-order valence-electron chi connectivity index (χ4n) is 3.83. The van der Waals surface area contributed by atoms with Crippen molar-refractivity contribution in [1.29, 1.82) is 0 Å². The minimum atomic E-state index is -3.87. The van der Waals surface area contributed by atoms with Crippen molar-refractivity contribution in [3.63, 3.8) is 0 Å². The molecule has 9 nitrogen and oxygen atoms in total. The van der Waals surface area contributed by atoms with Crippen molar-refractivity contribution in [2.45, 2.75) is 42.7 Å². The Hall–Kier alpha value is -3.24. The maximum absolute atomic E-state index is 13.0. The average Bonchev–Trinajstić information content (AvgIpc) is 3.37. The summed E-state index contributed by atoms with van der Waals surface area (Å²) in [6.07, 6.45) is 1.60. The second-order valence-electron chi connectivity index (χ2n) is 7.96. The van der Waals surface area contributed by atoms with E-state index in [1.807, 2.05) is 30.3 Å². The van der Waals surface area contributed by atoms with Crippen LogP contribution in [-0.4, -0.2) is 62.8 Å². The van der Waals surface area contributed by atoms with Crippen LogP contribution in [0.3, 0.4) is 0 Å². The zero-order chi connectivity index (χ0) is 24.6. The zero-order valence-electron chi connectivity index (χ0n) is 19.0. The molecule has 1 aliphatic heterocycles. The number of nitrogens with zero attached hydrogens (tertiary/aromatic N) is 1. The van der Waals surface area contributed by atoms with Gasteiger partial charge in [-0.25, -0.2) is 13.2 Å². The molecule has 0 radical (unpaired) electrons. The molecule has 1 heterocycles. The van der Waals surface area contributed by atoms with Gasteiger partial charge in [0.25, 0.3) is 0 Å². The molecule has 0 bridgehead atoms. The Kier molecular flexibility index (Phi) is 8.78. The van der Waals surface area contributed by atoms with E-state index in [1.54, 1.807) is 18.2 Å². The van der Waals surface area contributed by atoms with Crippen LogP contribution in [-0.2, 0) is 35.6 Å². The molecular formula is C24H29N3O6S. The second kappa shape index (κ2) is 11.8. The average molecular weight is 488 g/mol. The Morgan fingerprint density at radius 3 is 2.35 bits per heavy atom. The number of hydrogen-bond acceptors (Lipinski definition) is 6. The number of rotatable bonds is 10. The first kappa shape index (κ1) is 25.4. The molecule has 2 aromatic carbocycles. The Morgan fingerprint density at radius 1 is 1.06 bits per heavy atom. The van der Waals surface area contributed by atoms with Gasteiger partial charge in [0.2, 0.25) is 21.8 Å². The topological polar surface area (TPSA) is 122 Å². The molecule has 1 aliphatic rings. The quantitative estimate of drug-likeness (QED) is 0.487. The van der Waals surface area contributed by atoms with E-state index in [1.165, 1.54) is 19.2 Å². The van der Waals surface area contributed by atoms with Crippen molar-refractivity contribution in [2.75, 3.05) is 20.2 Å². The molecule has 0 saturated carbocycles. The molecule has 182 valence electrons. The fraction of sp³-hybridized carbons (Fsp3) is 0.375. The fourth-order valence-corrected chi connectivity index (χ4v) is 5.51. The van der Waals surface area contributed by atoms with Crippen LogP contribution < -0.4 is 10.6 Å². The van der Waals surface area contributed by atoms with Crippen LogP contribution in [0.4, 0.5) is 0 Å². The number of carbonyl (C=O) groups is 3. The summed E-state index contributed by atoms with van der Waals surface area (Å²) in [4.78, 5) is 37.6. The molecule has 2 atom stereocenters. The molecule has 1 unspecified atom stereocenters. The van der Waals surface area contributed by atoms with Gasteiger partial charge >= 0.3 is 5.97 Å². The number of ether oxygens (including phenoxy) is 1. The van der Waals surface area contributed by atoms with E-state index >= 15 is 0 Å². The van der Waals surface area contributed by atoms with Crippen molar-refractivity contribution in [2.24, 2.45) is 0 Å². The third-order valence-corrected chi connectivity index (χ3v) is 7.57. The third kappa shape index (κ3) is 6.42. The van der Waals surface area contributed by atoms with Crippen LogP contribution in [0.15, 0.2) is 65.6 Å². The maximum atomic E-state index is 13.0. The Balaban J connectivity index is 1.61. The Bertz CT molecular complexity index is 1090. The molecule has 1 fully saturated rings. The van der Waals surface area contributed by atoms with Crippen molar-refractivity contribution >= 4 is 27.8 Å². The summed E-state index contributed by atoms with van der Waals surface area (Å²) in [5, 5.41) is 5.20. The highest BCUT2D eigenvalue weighted by Crippen LogP contribution is 2.26. The number of amides is 2. The lowest BCUT2D eigenvalue weighted by molar-refractivity contribution is -0.145. The first-order valence-electron chi connectivity index (χ1n) is 11.1. The molecule has 3 rings (SSSR count). The van der Waals surface area contributed by atoms with Crippen molar-refractivity contribution in [3.05, 3.63) is 66.2 Å². The summed E-state index contributed by atoms with van der Waals surface area (Å²) in [5.41, 5.74) is 1.01. The Labute approximate surface area is 199 Å². The first-order chi connectivity index (χ1) is 16.3. The Morgan fingerprint density at radius 2 is 1.71 bits per heavy atom. The zero-order valence-corrected chi connectivity index (χ0v) is 19.8. The maximum Gasteiger partial charge on any atom is 0.330 e. The molecule has 2 amide bonds. The molecule has 0 aliphatic carbocycles. The molecular weight excluding hydrogens is 458 g/mol. The molecule has 2 N–H and O–H groups in total. The highest BCUT2D eigenvalue weighted by atomic mass is 32.2. The van der Waals surface area contributed by atoms with Gasteiger partial charge < -0.3 is 15.4 Å². The van der Waals surface area contributed by atoms with Gasteiger partial charge in [0, 0.05) is 19.5 Å². The lowest BCUT2D eigenvalue weighted by atomic mass is 10.1. The van der Waals surface area contributed by atoms with E-state index in [2.05, 4.69) is 10.6 Å². The molecule has 0 aromatic heterocycles. The highest BCUT2D eigenvalue weighted by molar-refractivity contribution is 7.89. The van der Waals surface area contributed by atoms with Crippen LogP contribution >= 0.6 is 0 Å². The van der Waals surface area contributed by atoms with Gasteiger partial charge in [0.05, 0.1) is 12.0 Å². The molecule has 34 heavy (non-hydrogen) atoms. The largest absolute Gasteiger partial charge is 0.467 e. The number of carbonyl (C=O) groups excluding carboxylic acids is 3. The normalized spacial score (nSPS) is 17.0. The summed E-state index contributed by atoms with van der Waals surface area (Å²) in [6, 6.07) is 15.3. The molecule has 2 aromatic rings. The van der Waals surface area contributed by atoms with Crippen LogP contribution in [0.1, 0.15) is 24.8 Å². The summed E-state index contributed by atoms with van der Waals surface area (Å²) in [7, 11) is -2.69. The molecule has 1 saturated heterocycles. The number of esters is 1. The van der Waals surface area contributed by atoms with Gasteiger partial charge in [-0.2, -0.15) is 4.31 Å². The third-order valence-electron chi connectivity index (χ3n) is 5.65. The summed E-state index contributed by atoms with van der Waals surface area (Å²) >= 11 is 0. The van der Waals surface area contributed by atoms with Gasteiger partial charge in [0.1, 0.15) is 12.1 Å². The first-order valence-corrected chi connectivity index (χ1v) is 12.5. The summed E-state index contributed by atoms with van der Waals surface area (Å²) < 4.78 is 32.0. The minimum absolute atomic E-state index is 0.102. The van der Waals surface area contributed by atoms with Gasteiger partial charge in [0.15, 0.2) is 0 Å². The lowest BCUT2D eigenvalue weighted by Crippen LogP contribution is -2.54. The van der Waals surface area contributed by atoms with Gasteiger partial charge in [-0.15, -0.1) is 0 Å². The predicted octanol–water partition coefficient (Wildman–Crippen LogP) is 1.25. The number of benzene rings is 2. The SMILES string of the molecule is COC(=O)[C@H](CNC(=O)CCc1ccccc1)NC(=O)C1CCCN1S(=O)(=O)c1ccccc1. The van der Waals surface area contributed by atoms with Gasteiger partial charge in [-0.3, -0.25) is 9.59 Å². The summed E-state index contributed by atoms with van der Waals surface area (Å²) in [6.45, 7) is 0.0403. The summed E-state index contributed by atoms with van der Waals surface area (Å²) in [5.74, 6) is -1.61. The van der Waals surface area contributed by atoms with Crippen molar-refractivity contribution in [3.8, 4) is 0 Å². The van der Waals surface area contributed by atoms with Gasteiger partial charge in [-0.05, 0) is 37.0 Å². The number of hydrogen-bond donors (Lipinski definition) is 2. The monoisotopic (exact) mass is 487 g/mol. The van der Waals surface area contributed by atoms with E-state index in [-0.39, 0.29) is 30.3 Å². The van der Waals surface area contributed by atoms with E-state index in [4.69, 9.17) is 4.74 Å². The molecule has 0 spiro atoms. The number of sulfonamides is 1. The van der Waals surface area contributed by atoms with E-state index in [0.717, 1.165) is 9.87 Å².